The molecule has 0 aromatic heterocycles. The van der Waals surface area contributed by atoms with Crippen molar-refractivity contribution in [2.24, 2.45) is 5.14 Å². The van der Waals surface area contributed by atoms with Gasteiger partial charge in [-0.15, -0.1) is 0 Å². The van der Waals surface area contributed by atoms with Crippen LogP contribution in [0.15, 0.2) is 30.3 Å². The first kappa shape index (κ1) is 16.2. The Labute approximate surface area is 114 Å². The Bertz CT molecular complexity index is 438. The molecule has 1 rings (SSSR count). The van der Waals surface area contributed by atoms with Crippen molar-refractivity contribution in [3.63, 3.8) is 0 Å². The number of hydrogen-bond donors (Lipinski definition) is 2. The fourth-order valence-electron chi connectivity index (χ4n) is 1.88. The molecule has 0 saturated heterocycles. The summed E-state index contributed by atoms with van der Waals surface area (Å²) in [6.45, 7) is 1.90. The van der Waals surface area contributed by atoms with Gasteiger partial charge in [0.05, 0.1) is 21.7 Å². The number of alkyl halides is 2. The van der Waals surface area contributed by atoms with E-state index < -0.39 is 34.2 Å². The molecule has 0 saturated carbocycles. The highest BCUT2D eigenvalue weighted by molar-refractivity contribution is 7.84. The van der Waals surface area contributed by atoms with Gasteiger partial charge in [-0.25, -0.2) is 13.0 Å². The van der Waals surface area contributed by atoms with Gasteiger partial charge in [0.15, 0.2) is 0 Å². The van der Waals surface area contributed by atoms with E-state index in [0.717, 1.165) is 0 Å². The summed E-state index contributed by atoms with van der Waals surface area (Å²) >= 11 is 0. The van der Waals surface area contributed by atoms with Gasteiger partial charge in [-0.3, -0.25) is 5.14 Å². The normalized spacial score (nSPS) is 16.1. The van der Waals surface area contributed by atoms with E-state index in [1.807, 2.05) is 0 Å². The molecule has 0 radical (unpaired) electrons. The van der Waals surface area contributed by atoms with Crippen molar-refractivity contribution in [3.8, 4) is 0 Å². The van der Waals surface area contributed by atoms with Gasteiger partial charge in [0.25, 0.3) is 5.92 Å². The van der Waals surface area contributed by atoms with Crippen molar-refractivity contribution in [1.29, 1.82) is 0 Å². The van der Waals surface area contributed by atoms with Gasteiger partial charge < -0.3 is 5.11 Å². The second-order valence-corrected chi connectivity index (χ2v) is 6.84. The Morgan fingerprint density at radius 1 is 1.32 bits per heavy atom. The van der Waals surface area contributed by atoms with Crippen molar-refractivity contribution >= 4 is 11.0 Å². The van der Waals surface area contributed by atoms with Gasteiger partial charge in [0.1, 0.15) is 6.61 Å². The molecular weight excluding hydrogens is 272 g/mol. The smallest absolute Gasteiger partial charge is 0.277 e. The van der Waals surface area contributed by atoms with Crippen molar-refractivity contribution in [1.82, 2.24) is 0 Å². The Balaban J connectivity index is 3.12. The Morgan fingerprint density at radius 2 is 1.84 bits per heavy atom. The fraction of sp³-hybridized carbons (Fsp3) is 0.538. The number of halogens is 2. The molecule has 3 nitrogen and oxygen atoms in total. The van der Waals surface area contributed by atoms with Gasteiger partial charge in [0.2, 0.25) is 0 Å². The van der Waals surface area contributed by atoms with Crippen LogP contribution in [0.4, 0.5) is 8.78 Å². The number of nitrogens with two attached hydrogens (primary N) is 1. The first-order chi connectivity index (χ1) is 8.70. The molecule has 108 valence electrons. The maximum atomic E-state index is 13.9. The lowest BCUT2D eigenvalue weighted by Crippen LogP contribution is -2.40. The van der Waals surface area contributed by atoms with Gasteiger partial charge in [-0.1, -0.05) is 30.3 Å². The highest BCUT2D eigenvalue weighted by Gasteiger charge is 2.43. The van der Waals surface area contributed by atoms with E-state index in [9.17, 15) is 13.0 Å². The third-order valence-electron chi connectivity index (χ3n) is 3.16. The Hall–Kier alpha value is -0.850. The van der Waals surface area contributed by atoms with E-state index in [0.29, 0.717) is 5.56 Å². The van der Waals surface area contributed by atoms with Crippen LogP contribution in [-0.2, 0) is 11.0 Å². The molecule has 3 N–H and O–H groups in total. The molecule has 2 atom stereocenters. The summed E-state index contributed by atoms with van der Waals surface area (Å²) in [5, 5.41) is 14.3. The molecule has 1 aromatic rings. The summed E-state index contributed by atoms with van der Waals surface area (Å²) in [4.78, 5) is 0. The molecule has 0 fully saturated rings. The second kappa shape index (κ2) is 6.07. The predicted molar refractivity (Wildman–Crippen MR) is 72.2 cm³/mol. The minimum absolute atomic E-state index is 0.0757. The maximum Gasteiger partial charge on any atom is 0.277 e. The summed E-state index contributed by atoms with van der Waals surface area (Å²) in [5.41, 5.74) is 0.403. The fourth-order valence-corrected chi connectivity index (χ4v) is 2.21. The summed E-state index contributed by atoms with van der Waals surface area (Å²) in [5.74, 6) is -4.50. The predicted octanol–water partition coefficient (Wildman–Crippen LogP) is 2.19. The maximum absolute atomic E-state index is 13.9. The number of aliphatic hydroxyl groups is 1. The zero-order valence-electron chi connectivity index (χ0n) is 11.0. The lowest BCUT2D eigenvalue weighted by atomic mass is 9.85. The van der Waals surface area contributed by atoms with Crippen molar-refractivity contribution in [3.05, 3.63) is 35.9 Å². The van der Waals surface area contributed by atoms with E-state index in [-0.39, 0.29) is 6.42 Å². The van der Waals surface area contributed by atoms with Gasteiger partial charge in [-0.2, -0.15) is 0 Å². The molecule has 2 unspecified atom stereocenters. The van der Waals surface area contributed by atoms with Crippen LogP contribution in [-0.4, -0.2) is 26.6 Å². The zero-order chi connectivity index (χ0) is 14.7. The number of aliphatic hydroxyl groups excluding tert-OH is 1. The zero-order valence-corrected chi connectivity index (χ0v) is 11.8. The van der Waals surface area contributed by atoms with E-state index in [2.05, 4.69) is 0 Å². The van der Waals surface area contributed by atoms with Crippen molar-refractivity contribution < 1.29 is 18.1 Å². The van der Waals surface area contributed by atoms with Crippen LogP contribution in [0.3, 0.4) is 0 Å². The van der Waals surface area contributed by atoms with Crippen molar-refractivity contribution in [2.45, 2.75) is 36.9 Å². The molecule has 1 aromatic carbocycles. The number of benzene rings is 1. The number of hydrogen-bond acceptors (Lipinski definition) is 2. The molecule has 0 amide bonds. The molecule has 0 heterocycles. The molecular formula is C13H19F2NO2S. The van der Waals surface area contributed by atoms with Crippen LogP contribution >= 0.6 is 0 Å². The molecule has 0 spiro atoms. The SMILES string of the molecule is CC(C)(CC(c1ccccc1)C(F)(F)CO)S(N)=O. The van der Waals surface area contributed by atoms with Crippen LogP contribution in [0.2, 0.25) is 0 Å². The van der Waals surface area contributed by atoms with E-state index in [1.54, 1.807) is 44.2 Å². The molecule has 19 heavy (non-hydrogen) atoms. The molecule has 0 bridgehead atoms. The summed E-state index contributed by atoms with van der Waals surface area (Å²) in [6, 6.07) is 8.18. The highest BCUT2D eigenvalue weighted by Crippen LogP contribution is 2.40. The second-order valence-electron chi connectivity index (χ2n) is 5.14. The van der Waals surface area contributed by atoms with Gasteiger partial charge in [0, 0.05) is 0 Å². The van der Waals surface area contributed by atoms with Crippen LogP contribution < -0.4 is 5.14 Å². The lowest BCUT2D eigenvalue weighted by Gasteiger charge is -2.32. The van der Waals surface area contributed by atoms with E-state index in [1.165, 1.54) is 0 Å². The van der Waals surface area contributed by atoms with Gasteiger partial charge >= 0.3 is 0 Å². The molecule has 6 heteroatoms. The Morgan fingerprint density at radius 3 is 2.26 bits per heavy atom. The van der Waals surface area contributed by atoms with Crippen LogP contribution in [0, 0.1) is 0 Å². The first-order valence-corrected chi connectivity index (χ1v) is 7.12. The summed E-state index contributed by atoms with van der Waals surface area (Å²) in [7, 11) is -1.72. The molecule has 0 aliphatic rings. The minimum atomic E-state index is -3.28. The first-order valence-electron chi connectivity index (χ1n) is 5.90. The molecule has 0 aliphatic heterocycles. The highest BCUT2D eigenvalue weighted by atomic mass is 32.2. The van der Waals surface area contributed by atoms with E-state index in [4.69, 9.17) is 10.2 Å². The molecule has 0 aliphatic carbocycles. The Kier molecular flexibility index (Phi) is 5.18. The number of rotatable bonds is 6. The third kappa shape index (κ3) is 4.06. The van der Waals surface area contributed by atoms with Gasteiger partial charge in [-0.05, 0) is 25.8 Å². The monoisotopic (exact) mass is 291 g/mol. The van der Waals surface area contributed by atoms with Crippen LogP contribution in [0.5, 0.6) is 0 Å². The lowest BCUT2D eigenvalue weighted by molar-refractivity contribution is -0.0759. The average Bonchev–Trinajstić information content (AvgIpc) is 2.36. The summed E-state index contributed by atoms with van der Waals surface area (Å²) in [6.07, 6.45) is -0.0757. The minimum Gasteiger partial charge on any atom is -0.390 e. The van der Waals surface area contributed by atoms with Crippen molar-refractivity contribution in [2.75, 3.05) is 6.61 Å². The summed E-state index contributed by atoms with van der Waals surface area (Å²) < 4.78 is 38.3. The standard InChI is InChI=1S/C13H19F2NO2S/c1-12(2,19(16)18)8-11(13(14,15)9-17)10-6-4-3-5-7-10/h3-7,11,17H,8-9,16H2,1-2H3. The topological polar surface area (TPSA) is 63.3 Å². The quantitative estimate of drug-likeness (QED) is 0.844. The average molecular weight is 291 g/mol. The largest absolute Gasteiger partial charge is 0.390 e. The van der Waals surface area contributed by atoms with Crippen LogP contribution in [0.25, 0.3) is 0 Å². The third-order valence-corrected chi connectivity index (χ3v) is 4.42. The van der Waals surface area contributed by atoms with Crippen LogP contribution in [0.1, 0.15) is 31.7 Å². The van der Waals surface area contributed by atoms with E-state index >= 15 is 0 Å².